The first-order chi connectivity index (χ1) is 6.57. The molecule has 1 rings (SSSR count). The fourth-order valence-corrected chi connectivity index (χ4v) is 1.98. The van der Waals surface area contributed by atoms with Gasteiger partial charge in [-0.2, -0.15) is 0 Å². The first kappa shape index (κ1) is 12.0. The number of ether oxygens (including phenoxy) is 1. The van der Waals surface area contributed by atoms with Gasteiger partial charge in [0.2, 0.25) is 0 Å². The molecule has 0 amide bonds. The molecule has 1 unspecified atom stereocenters. The Morgan fingerprint density at radius 2 is 2.07 bits per heavy atom. The second kappa shape index (κ2) is 5.13. The van der Waals surface area contributed by atoms with E-state index in [9.17, 15) is 5.11 Å². The van der Waals surface area contributed by atoms with Crippen molar-refractivity contribution in [3.8, 4) is 0 Å². The lowest BCUT2D eigenvalue weighted by atomic mass is 9.85. The molecule has 0 aromatic rings. The first-order valence-electron chi connectivity index (χ1n) is 5.87. The summed E-state index contributed by atoms with van der Waals surface area (Å²) in [6.07, 6.45) is 4.07. The lowest BCUT2D eigenvalue weighted by molar-refractivity contribution is 0.0127. The molecule has 1 saturated heterocycles. The van der Waals surface area contributed by atoms with Gasteiger partial charge in [0.25, 0.3) is 0 Å². The molecule has 2 heteroatoms. The zero-order valence-corrected chi connectivity index (χ0v) is 9.75. The Kier molecular flexibility index (Phi) is 4.39. The van der Waals surface area contributed by atoms with E-state index in [2.05, 4.69) is 20.8 Å². The molecule has 1 aliphatic rings. The van der Waals surface area contributed by atoms with E-state index in [1.165, 1.54) is 6.42 Å². The normalized spacial score (nSPS) is 31.7. The first-order valence-corrected chi connectivity index (χ1v) is 5.87. The molecule has 0 saturated carbocycles. The highest BCUT2D eigenvalue weighted by atomic mass is 16.5. The van der Waals surface area contributed by atoms with E-state index in [-0.39, 0.29) is 0 Å². The Morgan fingerprint density at radius 1 is 1.36 bits per heavy atom. The third-order valence-corrected chi connectivity index (χ3v) is 3.76. The van der Waals surface area contributed by atoms with Gasteiger partial charge in [-0.3, -0.25) is 0 Å². The Morgan fingerprint density at radius 3 is 2.57 bits per heavy atom. The summed E-state index contributed by atoms with van der Waals surface area (Å²) < 4.78 is 5.23. The zero-order chi connectivity index (χ0) is 10.6. The molecule has 0 aliphatic carbocycles. The van der Waals surface area contributed by atoms with Crippen LogP contribution in [0.1, 0.15) is 46.5 Å². The van der Waals surface area contributed by atoms with Crippen molar-refractivity contribution >= 4 is 0 Å². The fraction of sp³-hybridized carbons (Fsp3) is 1.00. The second-order valence-electron chi connectivity index (χ2n) is 4.93. The average Bonchev–Trinajstić information content (AvgIpc) is 2.61. The molecule has 1 aliphatic heterocycles. The molecule has 0 spiro atoms. The quantitative estimate of drug-likeness (QED) is 0.739. The van der Waals surface area contributed by atoms with Crippen molar-refractivity contribution in [1.29, 1.82) is 0 Å². The molecule has 0 aromatic heterocycles. The van der Waals surface area contributed by atoms with E-state index >= 15 is 0 Å². The highest BCUT2D eigenvalue weighted by molar-refractivity contribution is 4.83. The minimum absolute atomic E-state index is 0.512. The van der Waals surface area contributed by atoms with Gasteiger partial charge in [0.15, 0.2) is 0 Å². The van der Waals surface area contributed by atoms with Crippen LogP contribution in [0.25, 0.3) is 0 Å². The van der Waals surface area contributed by atoms with Gasteiger partial charge in [-0.05, 0) is 24.7 Å². The summed E-state index contributed by atoms with van der Waals surface area (Å²) in [7, 11) is 0. The lowest BCUT2D eigenvalue weighted by Crippen LogP contribution is -2.29. The molecule has 3 atom stereocenters. The summed E-state index contributed by atoms with van der Waals surface area (Å²) in [4.78, 5) is 0. The van der Waals surface area contributed by atoms with Crippen LogP contribution in [0.4, 0.5) is 0 Å². The molecule has 0 bridgehead atoms. The lowest BCUT2D eigenvalue weighted by Gasteiger charge is -2.24. The Hall–Kier alpha value is -0.0800. The van der Waals surface area contributed by atoms with E-state index in [0.717, 1.165) is 31.8 Å². The standard InChI is InChI=1S/C12H24O2/c1-4-10(2)11(3)5-6-12(13)7-8-14-9-12/h10-11,13H,4-9H2,1-3H3/t10-,11-,12?/m1/s1. The largest absolute Gasteiger partial charge is 0.387 e. The van der Waals surface area contributed by atoms with Crippen LogP contribution in [0.5, 0.6) is 0 Å². The predicted molar refractivity (Wildman–Crippen MR) is 58.2 cm³/mol. The van der Waals surface area contributed by atoms with Crippen molar-refractivity contribution in [3.05, 3.63) is 0 Å². The monoisotopic (exact) mass is 200 g/mol. The van der Waals surface area contributed by atoms with Gasteiger partial charge < -0.3 is 9.84 Å². The average molecular weight is 200 g/mol. The summed E-state index contributed by atoms with van der Waals surface area (Å²) in [5.41, 5.74) is -0.512. The molecular formula is C12H24O2. The highest BCUT2D eigenvalue weighted by Crippen LogP contribution is 2.28. The van der Waals surface area contributed by atoms with Gasteiger partial charge in [0.1, 0.15) is 0 Å². The third-order valence-electron chi connectivity index (χ3n) is 3.76. The van der Waals surface area contributed by atoms with Crippen LogP contribution in [-0.2, 0) is 4.74 Å². The molecule has 1 fully saturated rings. The van der Waals surface area contributed by atoms with Crippen LogP contribution in [-0.4, -0.2) is 23.9 Å². The van der Waals surface area contributed by atoms with Crippen LogP contribution < -0.4 is 0 Å². The van der Waals surface area contributed by atoms with E-state index < -0.39 is 5.60 Å². The van der Waals surface area contributed by atoms with Gasteiger partial charge in [0.05, 0.1) is 12.2 Å². The number of rotatable bonds is 5. The van der Waals surface area contributed by atoms with Crippen molar-refractivity contribution in [3.63, 3.8) is 0 Å². The van der Waals surface area contributed by atoms with Gasteiger partial charge >= 0.3 is 0 Å². The summed E-state index contributed by atoms with van der Waals surface area (Å²) in [6.45, 7) is 8.08. The summed E-state index contributed by atoms with van der Waals surface area (Å²) in [5.74, 6) is 1.48. The SMILES string of the molecule is CC[C@@H](C)[C@H](C)CCC1(O)CCOC1. The Balaban J connectivity index is 2.25. The summed E-state index contributed by atoms with van der Waals surface area (Å²) in [6, 6.07) is 0. The summed E-state index contributed by atoms with van der Waals surface area (Å²) in [5, 5.41) is 10.1. The van der Waals surface area contributed by atoms with Crippen LogP contribution in [0.15, 0.2) is 0 Å². The topological polar surface area (TPSA) is 29.5 Å². The van der Waals surface area contributed by atoms with E-state index in [4.69, 9.17) is 4.74 Å². The van der Waals surface area contributed by atoms with E-state index in [1.54, 1.807) is 0 Å². The molecule has 2 nitrogen and oxygen atoms in total. The molecular weight excluding hydrogens is 176 g/mol. The molecule has 84 valence electrons. The second-order valence-corrected chi connectivity index (χ2v) is 4.93. The molecule has 1 heterocycles. The molecule has 0 radical (unpaired) electrons. The van der Waals surface area contributed by atoms with Crippen LogP contribution in [0.3, 0.4) is 0 Å². The minimum Gasteiger partial charge on any atom is -0.387 e. The van der Waals surface area contributed by atoms with Crippen molar-refractivity contribution in [1.82, 2.24) is 0 Å². The number of hydrogen-bond donors (Lipinski definition) is 1. The predicted octanol–water partition coefficient (Wildman–Crippen LogP) is 2.60. The smallest absolute Gasteiger partial charge is 0.0902 e. The van der Waals surface area contributed by atoms with E-state index in [1.807, 2.05) is 0 Å². The minimum atomic E-state index is -0.512. The van der Waals surface area contributed by atoms with Crippen LogP contribution in [0.2, 0.25) is 0 Å². The van der Waals surface area contributed by atoms with Gasteiger partial charge in [-0.1, -0.05) is 27.2 Å². The maximum Gasteiger partial charge on any atom is 0.0902 e. The maximum absolute atomic E-state index is 10.1. The molecule has 14 heavy (non-hydrogen) atoms. The Labute approximate surface area is 87.7 Å². The van der Waals surface area contributed by atoms with Crippen molar-refractivity contribution < 1.29 is 9.84 Å². The van der Waals surface area contributed by atoms with Gasteiger partial charge in [-0.15, -0.1) is 0 Å². The molecule has 1 N–H and O–H groups in total. The third kappa shape index (κ3) is 3.25. The maximum atomic E-state index is 10.1. The zero-order valence-electron chi connectivity index (χ0n) is 9.75. The van der Waals surface area contributed by atoms with Crippen LogP contribution >= 0.6 is 0 Å². The fourth-order valence-electron chi connectivity index (χ4n) is 1.98. The van der Waals surface area contributed by atoms with E-state index in [0.29, 0.717) is 12.5 Å². The molecule has 0 aromatic carbocycles. The number of aliphatic hydroxyl groups is 1. The van der Waals surface area contributed by atoms with Crippen molar-refractivity contribution in [2.24, 2.45) is 11.8 Å². The van der Waals surface area contributed by atoms with Crippen molar-refractivity contribution in [2.75, 3.05) is 13.2 Å². The van der Waals surface area contributed by atoms with Crippen molar-refractivity contribution in [2.45, 2.75) is 52.1 Å². The highest BCUT2D eigenvalue weighted by Gasteiger charge is 2.32. The van der Waals surface area contributed by atoms with Crippen LogP contribution in [0, 0.1) is 11.8 Å². The van der Waals surface area contributed by atoms with Gasteiger partial charge in [0, 0.05) is 13.0 Å². The number of hydrogen-bond acceptors (Lipinski definition) is 2. The Bertz CT molecular complexity index is 162. The van der Waals surface area contributed by atoms with Gasteiger partial charge in [-0.25, -0.2) is 0 Å². The summed E-state index contributed by atoms with van der Waals surface area (Å²) >= 11 is 0.